The minimum absolute atomic E-state index is 0.0156. The molecule has 0 saturated carbocycles. The van der Waals surface area contributed by atoms with E-state index in [9.17, 15) is 4.79 Å². The Hall–Kier alpha value is -2.33. The zero-order valence-corrected chi connectivity index (χ0v) is 14.1. The maximum Gasteiger partial charge on any atom is 0.262 e. The lowest BCUT2D eigenvalue weighted by Crippen LogP contribution is -2.20. The van der Waals surface area contributed by atoms with Gasteiger partial charge in [-0.15, -0.1) is 0 Å². The molecule has 0 bridgehead atoms. The van der Waals surface area contributed by atoms with E-state index in [0.29, 0.717) is 6.61 Å². The summed E-state index contributed by atoms with van der Waals surface area (Å²) in [6, 6.07) is 11.6. The smallest absolute Gasteiger partial charge is 0.262 e. The second-order valence-electron chi connectivity index (χ2n) is 5.68. The van der Waals surface area contributed by atoms with Gasteiger partial charge in [0.1, 0.15) is 5.75 Å². The molecular formula is C19H23NO3. The monoisotopic (exact) mass is 313 g/mol. The van der Waals surface area contributed by atoms with Gasteiger partial charge in [0.2, 0.25) is 0 Å². The van der Waals surface area contributed by atoms with Gasteiger partial charge >= 0.3 is 0 Å². The topological polar surface area (TPSA) is 47.6 Å². The summed E-state index contributed by atoms with van der Waals surface area (Å²) in [5.74, 6) is 0.573. The van der Waals surface area contributed by atoms with E-state index in [-0.39, 0.29) is 12.5 Å². The fraction of sp³-hybridized carbons (Fsp3) is 0.316. The number of carbonyl (C=O) groups is 1. The minimum Gasteiger partial charge on any atom is -0.483 e. The Labute approximate surface area is 137 Å². The summed E-state index contributed by atoms with van der Waals surface area (Å²) in [4.78, 5) is 12.1. The summed E-state index contributed by atoms with van der Waals surface area (Å²) in [5, 5.41) is 2.84. The Bertz CT molecular complexity index is 695. The summed E-state index contributed by atoms with van der Waals surface area (Å²) in [6.45, 7) is 6.55. The normalized spacial score (nSPS) is 10.4. The van der Waals surface area contributed by atoms with E-state index in [1.807, 2.05) is 51.1 Å². The Kier molecular flexibility index (Phi) is 5.77. The molecule has 0 unspecified atom stereocenters. The van der Waals surface area contributed by atoms with Crippen LogP contribution in [0.2, 0.25) is 0 Å². The van der Waals surface area contributed by atoms with Gasteiger partial charge in [-0.3, -0.25) is 4.79 Å². The summed E-state index contributed by atoms with van der Waals surface area (Å²) >= 11 is 0. The largest absolute Gasteiger partial charge is 0.483 e. The van der Waals surface area contributed by atoms with Crippen molar-refractivity contribution in [3.05, 3.63) is 58.7 Å². The summed E-state index contributed by atoms with van der Waals surface area (Å²) in [6.07, 6.45) is 0. The zero-order valence-electron chi connectivity index (χ0n) is 14.1. The Balaban J connectivity index is 1.97. The number of nitrogens with one attached hydrogen (secondary N) is 1. The molecule has 0 heterocycles. The number of carbonyl (C=O) groups excluding carboxylic acids is 1. The molecule has 2 aromatic rings. The van der Waals surface area contributed by atoms with E-state index in [4.69, 9.17) is 9.47 Å². The third kappa shape index (κ3) is 4.83. The molecule has 1 amide bonds. The highest BCUT2D eigenvalue weighted by atomic mass is 16.5. The number of benzene rings is 2. The quantitative estimate of drug-likeness (QED) is 0.883. The van der Waals surface area contributed by atoms with Crippen LogP contribution in [0.4, 0.5) is 5.69 Å². The van der Waals surface area contributed by atoms with Gasteiger partial charge in [0.15, 0.2) is 6.61 Å². The van der Waals surface area contributed by atoms with Crippen LogP contribution in [0, 0.1) is 20.8 Å². The fourth-order valence-corrected chi connectivity index (χ4v) is 2.40. The van der Waals surface area contributed by atoms with E-state index >= 15 is 0 Å². The van der Waals surface area contributed by atoms with Gasteiger partial charge in [0.25, 0.3) is 5.91 Å². The standard InChI is InChI=1S/C19H23NO3/c1-13-8-14(2)15(3)18(9-13)23-12-19(21)20-17-7-5-6-16(10-17)11-22-4/h5-10H,11-12H2,1-4H3,(H,20,21). The molecule has 4 nitrogen and oxygen atoms in total. The SMILES string of the molecule is COCc1cccc(NC(=O)COc2cc(C)cc(C)c2C)c1. The molecule has 122 valence electrons. The van der Waals surface area contributed by atoms with Gasteiger partial charge in [-0.1, -0.05) is 18.2 Å². The van der Waals surface area contributed by atoms with Crippen LogP contribution in [0.15, 0.2) is 36.4 Å². The van der Waals surface area contributed by atoms with E-state index in [1.54, 1.807) is 7.11 Å². The molecule has 0 aliphatic heterocycles. The molecule has 0 saturated heterocycles. The summed E-state index contributed by atoms with van der Waals surface area (Å²) < 4.78 is 10.8. The highest BCUT2D eigenvalue weighted by Crippen LogP contribution is 2.23. The van der Waals surface area contributed by atoms with Crippen molar-refractivity contribution in [2.45, 2.75) is 27.4 Å². The molecule has 0 fully saturated rings. The molecule has 0 aliphatic rings. The first-order valence-electron chi connectivity index (χ1n) is 7.58. The Morgan fingerprint density at radius 2 is 1.91 bits per heavy atom. The van der Waals surface area contributed by atoms with Crippen LogP contribution in [0.25, 0.3) is 0 Å². The average molecular weight is 313 g/mol. The van der Waals surface area contributed by atoms with Gasteiger partial charge in [0.05, 0.1) is 6.61 Å². The van der Waals surface area contributed by atoms with Crippen molar-refractivity contribution in [3.63, 3.8) is 0 Å². The number of hydrogen-bond acceptors (Lipinski definition) is 3. The average Bonchev–Trinajstić information content (AvgIpc) is 2.50. The second kappa shape index (κ2) is 7.79. The van der Waals surface area contributed by atoms with E-state index in [1.165, 1.54) is 0 Å². The van der Waals surface area contributed by atoms with Gasteiger partial charge in [-0.05, 0) is 61.2 Å². The highest BCUT2D eigenvalue weighted by Gasteiger charge is 2.08. The molecule has 0 aromatic heterocycles. The predicted octanol–water partition coefficient (Wildman–Crippen LogP) is 3.78. The van der Waals surface area contributed by atoms with Crippen LogP contribution in [0.5, 0.6) is 5.75 Å². The van der Waals surface area contributed by atoms with Gasteiger partial charge in [0, 0.05) is 12.8 Å². The van der Waals surface area contributed by atoms with Crippen molar-refractivity contribution in [2.24, 2.45) is 0 Å². The molecular weight excluding hydrogens is 290 g/mol. The van der Waals surface area contributed by atoms with Crippen molar-refractivity contribution in [1.82, 2.24) is 0 Å². The van der Waals surface area contributed by atoms with Crippen molar-refractivity contribution in [1.29, 1.82) is 0 Å². The van der Waals surface area contributed by atoms with Crippen LogP contribution < -0.4 is 10.1 Å². The van der Waals surface area contributed by atoms with E-state index in [2.05, 4.69) is 11.4 Å². The first-order valence-corrected chi connectivity index (χ1v) is 7.58. The minimum atomic E-state index is -0.182. The molecule has 0 spiro atoms. The molecule has 1 N–H and O–H groups in total. The van der Waals surface area contributed by atoms with Crippen molar-refractivity contribution >= 4 is 11.6 Å². The van der Waals surface area contributed by atoms with Crippen molar-refractivity contribution < 1.29 is 14.3 Å². The van der Waals surface area contributed by atoms with Crippen molar-refractivity contribution in [2.75, 3.05) is 19.0 Å². The Morgan fingerprint density at radius 1 is 1.13 bits per heavy atom. The van der Waals surface area contributed by atoms with E-state index in [0.717, 1.165) is 33.7 Å². The van der Waals surface area contributed by atoms with Gasteiger partial charge in [-0.2, -0.15) is 0 Å². The van der Waals surface area contributed by atoms with Crippen LogP contribution in [-0.4, -0.2) is 19.6 Å². The molecule has 2 aromatic carbocycles. The maximum absolute atomic E-state index is 12.1. The zero-order chi connectivity index (χ0) is 16.8. The second-order valence-corrected chi connectivity index (χ2v) is 5.68. The number of methoxy groups -OCH3 is 1. The van der Waals surface area contributed by atoms with Gasteiger partial charge in [-0.25, -0.2) is 0 Å². The first kappa shape index (κ1) is 17.0. The third-order valence-electron chi connectivity index (χ3n) is 3.64. The van der Waals surface area contributed by atoms with Crippen LogP contribution in [0.3, 0.4) is 0 Å². The summed E-state index contributed by atoms with van der Waals surface area (Å²) in [5.41, 5.74) is 5.09. The molecule has 0 radical (unpaired) electrons. The first-order chi connectivity index (χ1) is 11.0. The Morgan fingerprint density at radius 3 is 2.65 bits per heavy atom. The fourth-order valence-electron chi connectivity index (χ4n) is 2.40. The van der Waals surface area contributed by atoms with Crippen molar-refractivity contribution in [3.8, 4) is 5.75 Å². The lowest BCUT2D eigenvalue weighted by atomic mass is 10.1. The van der Waals surface area contributed by atoms with E-state index < -0.39 is 0 Å². The maximum atomic E-state index is 12.1. The van der Waals surface area contributed by atoms with Crippen LogP contribution in [-0.2, 0) is 16.1 Å². The summed E-state index contributed by atoms with van der Waals surface area (Å²) in [7, 11) is 1.64. The number of amides is 1. The number of anilines is 1. The molecule has 23 heavy (non-hydrogen) atoms. The molecule has 0 aliphatic carbocycles. The molecule has 0 atom stereocenters. The number of rotatable bonds is 6. The van der Waals surface area contributed by atoms with Crippen LogP contribution >= 0.6 is 0 Å². The van der Waals surface area contributed by atoms with Crippen LogP contribution in [0.1, 0.15) is 22.3 Å². The number of ether oxygens (including phenoxy) is 2. The lowest BCUT2D eigenvalue weighted by molar-refractivity contribution is -0.118. The number of aryl methyl sites for hydroxylation is 2. The highest BCUT2D eigenvalue weighted by molar-refractivity contribution is 5.91. The number of hydrogen-bond donors (Lipinski definition) is 1. The molecule has 4 heteroatoms. The lowest BCUT2D eigenvalue weighted by Gasteiger charge is -2.12. The third-order valence-corrected chi connectivity index (χ3v) is 3.64. The van der Waals surface area contributed by atoms with Gasteiger partial charge < -0.3 is 14.8 Å². The molecule has 2 rings (SSSR count). The predicted molar refractivity (Wildman–Crippen MR) is 91.9 cm³/mol.